The Bertz CT molecular complexity index is 378. The Balaban J connectivity index is 2.24. The Morgan fingerprint density at radius 1 is 1.53 bits per heavy atom. The van der Waals surface area contributed by atoms with Crippen LogP contribution in [0.2, 0.25) is 0 Å². The van der Waals surface area contributed by atoms with Crippen LogP contribution in [0, 0.1) is 0 Å². The Morgan fingerprint density at radius 2 is 2.27 bits per heavy atom. The lowest BCUT2D eigenvalue weighted by Gasteiger charge is -2.19. The number of alkyl halides is 1. The summed E-state index contributed by atoms with van der Waals surface area (Å²) in [6.45, 7) is 2.83. The molecule has 0 unspecified atom stereocenters. The van der Waals surface area contributed by atoms with Crippen LogP contribution < -0.4 is 4.90 Å². The first-order valence-electron chi connectivity index (χ1n) is 5.27. The maximum Gasteiger partial charge on any atom is 0.240 e. The predicted molar refractivity (Wildman–Crippen MR) is 65.5 cm³/mol. The number of carbonyl (C=O) groups excluding carboxylic acids is 1. The lowest BCUT2D eigenvalue weighted by Crippen LogP contribution is -2.34. The van der Waals surface area contributed by atoms with Gasteiger partial charge in [-0.3, -0.25) is 4.79 Å². The van der Waals surface area contributed by atoms with E-state index < -0.39 is 0 Å². The summed E-state index contributed by atoms with van der Waals surface area (Å²) in [5.74, 6) is 0.183. The maximum atomic E-state index is 12.0. The third-order valence-corrected chi connectivity index (χ3v) is 3.82. The van der Waals surface area contributed by atoms with Gasteiger partial charge in [0.1, 0.15) is 0 Å². The molecule has 1 atom stereocenters. The molecular formula is C12H14BrNO. The highest BCUT2D eigenvalue weighted by atomic mass is 79.9. The number of amides is 1. The van der Waals surface area contributed by atoms with Crippen molar-refractivity contribution in [2.45, 2.75) is 24.6 Å². The number of rotatable bonds is 2. The van der Waals surface area contributed by atoms with E-state index in [0.717, 1.165) is 25.1 Å². The average molecular weight is 268 g/mol. The summed E-state index contributed by atoms with van der Waals surface area (Å²) < 4.78 is 0. The van der Waals surface area contributed by atoms with E-state index in [4.69, 9.17) is 0 Å². The molecule has 80 valence electrons. The quantitative estimate of drug-likeness (QED) is 0.755. The molecule has 1 amide bonds. The van der Waals surface area contributed by atoms with Crippen LogP contribution >= 0.6 is 15.9 Å². The van der Waals surface area contributed by atoms with Gasteiger partial charge in [0.25, 0.3) is 0 Å². The monoisotopic (exact) mass is 267 g/mol. The van der Waals surface area contributed by atoms with Crippen molar-refractivity contribution in [3.8, 4) is 0 Å². The van der Waals surface area contributed by atoms with E-state index in [-0.39, 0.29) is 10.7 Å². The molecule has 0 fully saturated rings. The number of carbonyl (C=O) groups is 1. The number of fused-ring (bicyclic) bond motifs is 1. The summed E-state index contributed by atoms with van der Waals surface area (Å²) in [6.07, 6.45) is 1.81. The molecule has 0 bridgehead atoms. The number of benzene rings is 1. The molecule has 2 rings (SSSR count). The molecule has 0 saturated carbocycles. The summed E-state index contributed by atoms with van der Waals surface area (Å²) in [4.78, 5) is 13.9. The molecule has 0 aromatic heterocycles. The summed E-state index contributed by atoms with van der Waals surface area (Å²) in [5, 5.41) is 0. The molecule has 2 nitrogen and oxygen atoms in total. The average Bonchev–Trinajstić information content (AvgIpc) is 2.70. The van der Waals surface area contributed by atoms with Crippen LogP contribution in [0.1, 0.15) is 18.9 Å². The van der Waals surface area contributed by atoms with Crippen molar-refractivity contribution in [2.75, 3.05) is 11.4 Å². The van der Waals surface area contributed by atoms with E-state index >= 15 is 0 Å². The fraction of sp³-hybridized carbons (Fsp3) is 0.417. The third kappa shape index (κ3) is 1.93. The Morgan fingerprint density at radius 3 is 3.00 bits per heavy atom. The minimum atomic E-state index is -0.0522. The second kappa shape index (κ2) is 4.35. The fourth-order valence-electron chi connectivity index (χ4n) is 1.91. The Hall–Kier alpha value is -0.830. The highest BCUT2D eigenvalue weighted by molar-refractivity contribution is 9.10. The molecular weight excluding hydrogens is 254 g/mol. The minimum absolute atomic E-state index is 0.0522. The van der Waals surface area contributed by atoms with E-state index in [9.17, 15) is 4.79 Å². The van der Waals surface area contributed by atoms with Crippen LogP contribution in [0.3, 0.4) is 0 Å². The fourth-order valence-corrected chi connectivity index (χ4v) is 2.16. The van der Waals surface area contributed by atoms with Crippen LogP contribution in [-0.4, -0.2) is 17.3 Å². The molecule has 0 N–H and O–H groups in total. The van der Waals surface area contributed by atoms with Crippen molar-refractivity contribution in [2.24, 2.45) is 0 Å². The van der Waals surface area contributed by atoms with Crippen molar-refractivity contribution in [1.82, 2.24) is 0 Å². The summed E-state index contributed by atoms with van der Waals surface area (Å²) in [7, 11) is 0. The van der Waals surface area contributed by atoms with Crippen molar-refractivity contribution in [1.29, 1.82) is 0 Å². The van der Waals surface area contributed by atoms with Crippen molar-refractivity contribution < 1.29 is 4.79 Å². The van der Waals surface area contributed by atoms with Crippen LogP contribution in [0.15, 0.2) is 24.3 Å². The van der Waals surface area contributed by atoms with E-state index in [0.29, 0.717) is 0 Å². The molecule has 1 heterocycles. The summed E-state index contributed by atoms with van der Waals surface area (Å²) in [6, 6.07) is 8.13. The maximum absolute atomic E-state index is 12.0. The van der Waals surface area contributed by atoms with Crippen LogP contribution in [-0.2, 0) is 11.2 Å². The highest BCUT2D eigenvalue weighted by Crippen LogP contribution is 2.29. The number of hydrogen-bond donors (Lipinski definition) is 0. The van der Waals surface area contributed by atoms with Gasteiger partial charge in [-0.2, -0.15) is 0 Å². The zero-order valence-corrected chi connectivity index (χ0v) is 10.3. The molecule has 0 spiro atoms. The molecule has 0 aliphatic carbocycles. The van der Waals surface area contributed by atoms with Crippen molar-refractivity contribution in [3.63, 3.8) is 0 Å². The van der Waals surface area contributed by atoms with Crippen LogP contribution in [0.5, 0.6) is 0 Å². The molecule has 1 aliphatic rings. The standard InChI is InChI=1S/C12H14BrNO/c1-2-10(13)12(15)14-8-7-9-5-3-4-6-11(9)14/h3-6,10H,2,7-8H2,1H3/t10-/m1/s1. The second-order valence-electron chi connectivity index (χ2n) is 3.74. The molecule has 1 aromatic rings. The lowest BCUT2D eigenvalue weighted by molar-refractivity contribution is -0.117. The van der Waals surface area contributed by atoms with Gasteiger partial charge in [0.2, 0.25) is 5.91 Å². The number of anilines is 1. The zero-order valence-electron chi connectivity index (χ0n) is 8.74. The van der Waals surface area contributed by atoms with Gasteiger partial charge in [0.05, 0.1) is 4.83 Å². The van der Waals surface area contributed by atoms with Gasteiger partial charge in [-0.1, -0.05) is 41.1 Å². The minimum Gasteiger partial charge on any atom is -0.311 e. The highest BCUT2D eigenvalue weighted by Gasteiger charge is 2.27. The zero-order chi connectivity index (χ0) is 10.8. The van der Waals surface area contributed by atoms with Crippen molar-refractivity contribution in [3.05, 3.63) is 29.8 Å². The van der Waals surface area contributed by atoms with Gasteiger partial charge >= 0.3 is 0 Å². The van der Waals surface area contributed by atoms with Gasteiger partial charge in [0, 0.05) is 12.2 Å². The van der Waals surface area contributed by atoms with Gasteiger partial charge in [-0.05, 0) is 24.5 Å². The largest absolute Gasteiger partial charge is 0.311 e. The topological polar surface area (TPSA) is 20.3 Å². The first-order valence-corrected chi connectivity index (χ1v) is 6.19. The van der Waals surface area contributed by atoms with E-state index in [1.165, 1.54) is 5.56 Å². The smallest absolute Gasteiger partial charge is 0.240 e. The number of hydrogen-bond acceptors (Lipinski definition) is 1. The Labute approximate surface area is 98.4 Å². The molecule has 3 heteroatoms. The van der Waals surface area contributed by atoms with Crippen LogP contribution in [0.4, 0.5) is 5.69 Å². The van der Waals surface area contributed by atoms with E-state index in [1.54, 1.807) is 0 Å². The SMILES string of the molecule is CC[C@@H](Br)C(=O)N1CCc2ccccc21. The van der Waals surface area contributed by atoms with Crippen LogP contribution in [0.25, 0.3) is 0 Å². The Kier molecular flexibility index (Phi) is 3.10. The molecule has 1 aliphatic heterocycles. The number of para-hydroxylation sites is 1. The van der Waals surface area contributed by atoms with Gasteiger partial charge in [-0.15, -0.1) is 0 Å². The van der Waals surface area contributed by atoms with Gasteiger partial charge < -0.3 is 4.90 Å². The molecule has 1 aromatic carbocycles. The van der Waals surface area contributed by atoms with Gasteiger partial charge in [-0.25, -0.2) is 0 Å². The molecule has 0 radical (unpaired) electrons. The number of halogens is 1. The third-order valence-electron chi connectivity index (χ3n) is 2.78. The van der Waals surface area contributed by atoms with Gasteiger partial charge in [0.15, 0.2) is 0 Å². The second-order valence-corrected chi connectivity index (χ2v) is 4.85. The van der Waals surface area contributed by atoms with Crippen molar-refractivity contribution >= 4 is 27.5 Å². The number of nitrogens with zero attached hydrogens (tertiary/aromatic N) is 1. The van der Waals surface area contributed by atoms with E-state index in [2.05, 4.69) is 22.0 Å². The summed E-state index contributed by atoms with van der Waals surface area (Å²) >= 11 is 3.41. The first-order chi connectivity index (χ1) is 7.24. The van der Waals surface area contributed by atoms with E-state index in [1.807, 2.05) is 30.0 Å². The molecule has 0 saturated heterocycles. The first kappa shape index (κ1) is 10.7. The predicted octanol–water partition coefficient (Wildman–Crippen LogP) is 2.75. The molecule has 15 heavy (non-hydrogen) atoms. The summed E-state index contributed by atoms with van der Waals surface area (Å²) in [5.41, 5.74) is 2.36. The lowest BCUT2D eigenvalue weighted by atomic mass is 10.2. The normalized spacial score (nSPS) is 16.3.